The van der Waals surface area contributed by atoms with Crippen molar-refractivity contribution in [2.24, 2.45) is 5.92 Å². The van der Waals surface area contributed by atoms with Crippen LogP contribution < -0.4 is 5.32 Å². The van der Waals surface area contributed by atoms with E-state index in [2.05, 4.69) is 5.32 Å². The molecule has 1 aromatic carbocycles. The molecule has 0 fully saturated rings. The van der Waals surface area contributed by atoms with Gasteiger partial charge in [0.15, 0.2) is 0 Å². The zero-order valence-corrected chi connectivity index (χ0v) is 12.2. The lowest BCUT2D eigenvalue weighted by atomic mass is 10.0. The average Bonchev–Trinajstić information content (AvgIpc) is 2.44. The fourth-order valence-corrected chi connectivity index (χ4v) is 1.69. The molecule has 0 radical (unpaired) electrons. The molecule has 0 bridgehead atoms. The van der Waals surface area contributed by atoms with Crippen LogP contribution in [0.25, 0.3) is 0 Å². The van der Waals surface area contributed by atoms with Gasteiger partial charge in [0, 0.05) is 19.6 Å². The Balaban J connectivity index is 2.41. The molecule has 5 nitrogen and oxygen atoms in total. The molecule has 110 valence electrons. The second-order valence-electron chi connectivity index (χ2n) is 5.02. The summed E-state index contributed by atoms with van der Waals surface area (Å²) in [6.45, 7) is 3.86. The summed E-state index contributed by atoms with van der Waals surface area (Å²) in [5.74, 6) is -1.52. The van der Waals surface area contributed by atoms with Gasteiger partial charge in [-0.25, -0.2) is 4.79 Å². The molecular formula is C15H22N2O3. The lowest BCUT2D eigenvalue weighted by Gasteiger charge is -2.23. The monoisotopic (exact) mass is 278 g/mol. The number of nitrogens with zero attached hydrogens (tertiary/aromatic N) is 1. The van der Waals surface area contributed by atoms with Crippen molar-refractivity contribution in [3.8, 4) is 0 Å². The number of carboxylic acids is 1. The number of nitrogens with one attached hydrogen (secondary N) is 1. The predicted molar refractivity (Wildman–Crippen MR) is 77.6 cm³/mol. The standard InChI is InChI=1S/C15H22N2O3/c1-11(14(18)19)12(2)16-15(20)17(3)10-9-13-7-5-4-6-8-13/h4-8,11-12H,9-10H2,1-3H3,(H,16,20)(H,18,19). The Kier molecular flexibility index (Phi) is 6.03. The first kappa shape index (κ1) is 16.0. The summed E-state index contributed by atoms with van der Waals surface area (Å²) in [6, 6.07) is 9.26. The van der Waals surface area contributed by atoms with Crippen LogP contribution in [0.4, 0.5) is 4.79 Å². The van der Waals surface area contributed by atoms with Crippen LogP contribution in [0.3, 0.4) is 0 Å². The first-order valence-corrected chi connectivity index (χ1v) is 6.70. The van der Waals surface area contributed by atoms with E-state index < -0.39 is 17.9 Å². The summed E-state index contributed by atoms with van der Waals surface area (Å²) in [5, 5.41) is 11.6. The number of amides is 2. The van der Waals surface area contributed by atoms with Gasteiger partial charge in [0.2, 0.25) is 0 Å². The van der Waals surface area contributed by atoms with Crippen LogP contribution in [0, 0.1) is 5.92 Å². The molecule has 0 aliphatic rings. The van der Waals surface area contributed by atoms with Crippen LogP contribution in [-0.4, -0.2) is 41.6 Å². The first-order valence-electron chi connectivity index (χ1n) is 6.70. The maximum Gasteiger partial charge on any atom is 0.317 e. The molecule has 0 heterocycles. The van der Waals surface area contributed by atoms with E-state index in [-0.39, 0.29) is 6.03 Å². The van der Waals surface area contributed by atoms with E-state index >= 15 is 0 Å². The van der Waals surface area contributed by atoms with E-state index in [9.17, 15) is 9.59 Å². The van der Waals surface area contributed by atoms with Crippen LogP contribution in [0.2, 0.25) is 0 Å². The van der Waals surface area contributed by atoms with Gasteiger partial charge in [-0.1, -0.05) is 30.3 Å². The van der Waals surface area contributed by atoms with Gasteiger partial charge in [0.1, 0.15) is 0 Å². The molecule has 0 saturated carbocycles. The largest absolute Gasteiger partial charge is 0.481 e. The molecule has 1 rings (SSSR count). The molecular weight excluding hydrogens is 256 g/mol. The lowest BCUT2D eigenvalue weighted by Crippen LogP contribution is -2.46. The molecule has 20 heavy (non-hydrogen) atoms. The van der Waals surface area contributed by atoms with Crippen molar-refractivity contribution in [2.45, 2.75) is 26.3 Å². The maximum absolute atomic E-state index is 11.9. The van der Waals surface area contributed by atoms with Crippen LogP contribution in [0.1, 0.15) is 19.4 Å². The highest BCUT2D eigenvalue weighted by atomic mass is 16.4. The number of rotatable bonds is 6. The van der Waals surface area contributed by atoms with Crippen molar-refractivity contribution in [1.82, 2.24) is 10.2 Å². The van der Waals surface area contributed by atoms with E-state index in [1.54, 1.807) is 25.8 Å². The number of hydrogen-bond donors (Lipinski definition) is 2. The van der Waals surface area contributed by atoms with E-state index in [1.165, 1.54) is 5.56 Å². The Morgan fingerprint density at radius 3 is 2.40 bits per heavy atom. The zero-order valence-electron chi connectivity index (χ0n) is 12.2. The summed E-state index contributed by atoms with van der Waals surface area (Å²) in [7, 11) is 1.70. The number of hydrogen-bond acceptors (Lipinski definition) is 2. The Hall–Kier alpha value is -2.04. The lowest BCUT2D eigenvalue weighted by molar-refractivity contribution is -0.141. The van der Waals surface area contributed by atoms with Gasteiger partial charge in [-0.15, -0.1) is 0 Å². The van der Waals surface area contributed by atoms with Gasteiger partial charge >= 0.3 is 12.0 Å². The van der Waals surface area contributed by atoms with E-state index in [0.29, 0.717) is 6.54 Å². The fourth-order valence-electron chi connectivity index (χ4n) is 1.69. The molecule has 2 unspecified atom stereocenters. The van der Waals surface area contributed by atoms with Crippen LogP contribution >= 0.6 is 0 Å². The fraction of sp³-hybridized carbons (Fsp3) is 0.467. The van der Waals surface area contributed by atoms with E-state index in [4.69, 9.17) is 5.11 Å². The van der Waals surface area contributed by atoms with E-state index in [1.807, 2.05) is 30.3 Å². The Morgan fingerprint density at radius 1 is 1.25 bits per heavy atom. The van der Waals surface area contributed by atoms with Crippen molar-refractivity contribution in [2.75, 3.05) is 13.6 Å². The van der Waals surface area contributed by atoms with Crippen LogP contribution in [0.5, 0.6) is 0 Å². The van der Waals surface area contributed by atoms with Crippen LogP contribution in [0.15, 0.2) is 30.3 Å². The number of benzene rings is 1. The van der Waals surface area contributed by atoms with Crippen LogP contribution in [-0.2, 0) is 11.2 Å². The topological polar surface area (TPSA) is 69.6 Å². The van der Waals surface area contributed by atoms with Gasteiger partial charge in [0.25, 0.3) is 0 Å². The van der Waals surface area contributed by atoms with Crippen molar-refractivity contribution in [3.63, 3.8) is 0 Å². The number of aliphatic carboxylic acids is 1. The summed E-state index contributed by atoms with van der Waals surface area (Å²) in [5.41, 5.74) is 1.17. The Bertz CT molecular complexity index is 448. The summed E-state index contributed by atoms with van der Waals surface area (Å²) in [6.07, 6.45) is 0.771. The molecule has 2 N–H and O–H groups in total. The first-order chi connectivity index (χ1) is 9.41. The molecule has 2 atom stereocenters. The third-order valence-corrected chi connectivity index (χ3v) is 3.42. The van der Waals surface area contributed by atoms with Gasteiger partial charge in [0.05, 0.1) is 5.92 Å². The second kappa shape index (κ2) is 7.53. The maximum atomic E-state index is 11.9. The minimum Gasteiger partial charge on any atom is -0.481 e. The summed E-state index contributed by atoms with van der Waals surface area (Å²) >= 11 is 0. The van der Waals surface area contributed by atoms with Gasteiger partial charge in [-0.2, -0.15) is 0 Å². The molecule has 0 aromatic heterocycles. The molecule has 2 amide bonds. The Morgan fingerprint density at radius 2 is 1.85 bits per heavy atom. The van der Waals surface area contributed by atoms with E-state index in [0.717, 1.165) is 6.42 Å². The van der Waals surface area contributed by atoms with Gasteiger partial charge in [-0.05, 0) is 25.8 Å². The number of likely N-dealkylation sites (N-methyl/N-ethyl adjacent to an activating group) is 1. The highest BCUT2D eigenvalue weighted by Crippen LogP contribution is 2.04. The molecule has 5 heteroatoms. The summed E-state index contributed by atoms with van der Waals surface area (Å²) in [4.78, 5) is 24.3. The van der Waals surface area contributed by atoms with Crippen molar-refractivity contribution >= 4 is 12.0 Å². The third-order valence-electron chi connectivity index (χ3n) is 3.42. The van der Waals surface area contributed by atoms with Crippen molar-refractivity contribution < 1.29 is 14.7 Å². The van der Waals surface area contributed by atoms with Gasteiger partial charge < -0.3 is 15.3 Å². The summed E-state index contributed by atoms with van der Waals surface area (Å²) < 4.78 is 0. The second-order valence-corrected chi connectivity index (χ2v) is 5.02. The average molecular weight is 278 g/mol. The highest BCUT2D eigenvalue weighted by Gasteiger charge is 2.22. The molecule has 0 aliphatic carbocycles. The van der Waals surface area contributed by atoms with Crippen molar-refractivity contribution in [1.29, 1.82) is 0 Å². The number of urea groups is 1. The van der Waals surface area contributed by atoms with Crippen molar-refractivity contribution in [3.05, 3.63) is 35.9 Å². The minimum absolute atomic E-state index is 0.249. The highest BCUT2D eigenvalue weighted by molar-refractivity contribution is 5.76. The minimum atomic E-state index is -0.912. The molecule has 0 aliphatic heterocycles. The number of carboxylic acid groups (broad SMARTS) is 1. The quantitative estimate of drug-likeness (QED) is 0.836. The smallest absolute Gasteiger partial charge is 0.317 e. The third kappa shape index (κ3) is 4.91. The predicted octanol–water partition coefficient (Wildman–Crippen LogP) is 1.98. The van der Waals surface area contributed by atoms with Gasteiger partial charge in [-0.3, -0.25) is 4.79 Å². The Labute approximate surface area is 119 Å². The molecule has 0 saturated heterocycles. The zero-order chi connectivity index (χ0) is 15.1. The number of carbonyl (C=O) groups excluding carboxylic acids is 1. The number of carbonyl (C=O) groups is 2. The normalized spacial score (nSPS) is 13.3. The molecule has 0 spiro atoms. The molecule has 1 aromatic rings. The SMILES string of the molecule is CC(NC(=O)N(C)CCc1ccccc1)C(C)C(=O)O.